The summed E-state index contributed by atoms with van der Waals surface area (Å²) in [6.45, 7) is 7.80. The summed E-state index contributed by atoms with van der Waals surface area (Å²) in [7, 11) is -3.61. The highest BCUT2D eigenvalue weighted by Gasteiger charge is 2.21. The van der Waals surface area contributed by atoms with E-state index in [0.717, 1.165) is 38.3 Å². The number of pyridine rings is 1. The molecule has 0 fully saturated rings. The molecule has 6 heteroatoms. The number of nitrogens with zero attached hydrogens (tertiary/aromatic N) is 1. The Morgan fingerprint density at radius 2 is 1.73 bits per heavy atom. The zero-order valence-electron chi connectivity index (χ0n) is 15.3. The van der Waals surface area contributed by atoms with Gasteiger partial charge in [0.1, 0.15) is 0 Å². The highest BCUT2D eigenvalue weighted by Crippen LogP contribution is 2.27. The number of sulfonamides is 1. The second-order valence-corrected chi connectivity index (χ2v) is 9.12. The lowest BCUT2D eigenvalue weighted by Crippen LogP contribution is -2.25. The second-order valence-electron chi connectivity index (χ2n) is 6.47. The molecule has 0 aliphatic carbocycles. The largest absolute Gasteiger partial charge is 0.264 e. The van der Waals surface area contributed by atoms with E-state index < -0.39 is 10.0 Å². The Hall–Kier alpha value is -2.02. The normalized spacial score (nSPS) is 11.7. The Balaban J connectivity index is 1.87. The molecule has 3 rings (SSSR count). The number of benzene rings is 1. The van der Waals surface area contributed by atoms with Crippen LogP contribution in [0.4, 0.5) is 0 Å². The molecule has 136 valence electrons. The third-order valence-corrected chi connectivity index (χ3v) is 7.23. The van der Waals surface area contributed by atoms with Crippen molar-refractivity contribution in [3.8, 4) is 10.4 Å². The lowest BCUT2D eigenvalue weighted by atomic mass is 10.0. The molecule has 0 radical (unpaired) electrons. The summed E-state index contributed by atoms with van der Waals surface area (Å²) in [6.07, 6.45) is 3.49. The molecule has 0 amide bonds. The third kappa shape index (κ3) is 3.72. The van der Waals surface area contributed by atoms with E-state index in [1.165, 1.54) is 0 Å². The van der Waals surface area contributed by atoms with E-state index >= 15 is 0 Å². The van der Waals surface area contributed by atoms with Gasteiger partial charge in [0.15, 0.2) is 0 Å². The van der Waals surface area contributed by atoms with Crippen LogP contribution >= 0.6 is 11.3 Å². The van der Waals surface area contributed by atoms with E-state index in [1.807, 2.05) is 57.3 Å². The topological polar surface area (TPSA) is 59.1 Å². The van der Waals surface area contributed by atoms with Crippen molar-refractivity contribution in [1.29, 1.82) is 0 Å². The fourth-order valence-electron chi connectivity index (χ4n) is 3.00. The van der Waals surface area contributed by atoms with Gasteiger partial charge < -0.3 is 0 Å². The van der Waals surface area contributed by atoms with Crippen LogP contribution in [0.5, 0.6) is 0 Å². The van der Waals surface area contributed by atoms with Gasteiger partial charge in [-0.25, -0.2) is 13.1 Å². The average Bonchev–Trinajstić information content (AvgIpc) is 3.13. The maximum absolute atomic E-state index is 12.9. The van der Waals surface area contributed by atoms with Gasteiger partial charge in [0.2, 0.25) is 10.0 Å². The van der Waals surface area contributed by atoms with E-state index in [0.29, 0.717) is 4.90 Å². The van der Waals surface area contributed by atoms with E-state index in [-0.39, 0.29) is 6.54 Å². The molecule has 4 nitrogen and oxygen atoms in total. The minimum absolute atomic E-state index is 0.209. The molecular weight excluding hydrogens is 364 g/mol. The molecule has 1 N–H and O–H groups in total. The Labute approximate surface area is 159 Å². The first kappa shape index (κ1) is 18.8. The van der Waals surface area contributed by atoms with Crippen molar-refractivity contribution in [3.05, 3.63) is 69.9 Å². The minimum Gasteiger partial charge on any atom is -0.264 e. The van der Waals surface area contributed by atoms with Gasteiger partial charge in [0.25, 0.3) is 0 Å². The Bertz CT molecular complexity index is 1010. The number of aryl methyl sites for hydroxylation is 2. The van der Waals surface area contributed by atoms with Gasteiger partial charge in [0, 0.05) is 29.4 Å². The molecule has 2 heterocycles. The smallest absolute Gasteiger partial charge is 0.241 e. The van der Waals surface area contributed by atoms with Crippen molar-refractivity contribution in [3.63, 3.8) is 0 Å². The molecule has 0 bridgehead atoms. The molecule has 2 aromatic heterocycles. The first-order valence-electron chi connectivity index (χ1n) is 8.34. The van der Waals surface area contributed by atoms with E-state index in [4.69, 9.17) is 0 Å². The standard InChI is InChI=1S/C20H22N2O2S2/c1-13-8-14(2)16(4)20(15(13)3)26(23,24)22-11-17-9-18(12-21-10-17)19-6-5-7-25-19/h5-10,12,22H,11H2,1-4H3. The van der Waals surface area contributed by atoms with Gasteiger partial charge in [0.05, 0.1) is 4.90 Å². The van der Waals surface area contributed by atoms with E-state index in [1.54, 1.807) is 23.7 Å². The van der Waals surface area contributed by atoms with Crippen molar-refractivity contribution < 1.29 is 8.42 Å². The van der Waals surface area contributed by atoms with Crippen molar-refractivity contribution in [1.82, 2.24) is 9.71 Å². The van der Waals surface area contributed by atoms with E-state index in [2.05, 4.69) is 9.71 Å². The summed E-state index contributed by atoms with van der Waals surface area (Å²) in [4.78, 5) is 5.75. The van der Waals surface area contributed by atoms with Gasteiger partial charge in [-0.1, -0.05) is 12.1 Å². The Kier molecular flexibility index (Phi) is 5.27. The van der Waals surface area contributed by atoms with Gasteiger partial charge >= 0.3 is 0 Å². The predicted molar refractivity (Wildman–Crippen MR) is 107 cm³/mol. The zero-order valence-corrected chi connectivity index (χ0v) is 17.0. The highest BCUT2D eigenvalue weighted by atomic mass is 32.2. The highest BCUT2D eigenvalue weighted by molar-refractivity contribution is 7.89. The minimum atomic E-state index is -3.61. The molecule has 3 aromatic rings. The maximum atomic E-state index is 12.9. The van der Waals surface area contributed by atoms with Crippen molar-refractivity contribution >= 4 is 21.4 Å². The molecule has 0 unspecified atom stereocenters. The molecule has 0 spiro atoms. The van der Waals surface area contributed by atoms with Crippen LogP contribution in [0, 0.1) is 27.7 Å². The molecule has 0 aliphatic rings. The molecule has 26 heavy (non-hydrogen) atoms. The summed E-state index contributed by atoms with van der Waals surface area (Å²) < 4.78 is 28.6. The second kappa shape index (κ2) is 7.31. The molecule has 1 aromatic carbocycles. The van der Waals surface area contributed by atoms with Gasteiger partial charge in [-0.2, -0.15) is 0 Å². The van der Waals surface area contributed by atoms with Crippen molar-refractivity contribution in [2.75, 3.05) is 0 Å². The molecule has 0 aliphatic heterocycles. The summed E-state index contributed by atoms with van der Waals surface area (Å²) >= 11 is 1.63. The van der Waals surface area contributed by atoms with Crippen LogP contribution in [0.15, 0.2) is 46.9 Å². The number of rotatable bonds is 5. The monoisotopic (exact) mass is 386 g/mol. The van der Waals surface area contributed by atoms with Crippen LogP contribution in [0.2, 0.25) is 0 Å². The van der Waals surface area contributed by atoms with Crippen LogP contribution in [0.25, 0.3) is 10.4 Å². The number of thiophene rings is 1. The SMILES string of the molecule is Cc1cc(C)c(C)c(S(=O)(=O)NCc2cncc(-c3cccs3)c2)c1C. The summed E-state index contributed by atoms with van der Waals surface area (Å²) in [5.74, 6) is 0. The fraction of sp³-hybridized carbons (Fsp3) is 0.250. The van der Waals surface area contributed by atoms with Crippen LogP contribution in [-0.4, -0.2) is 13.4 Å². The molecule has 0 saturated carbocycles. The molecule has 0 saturated heterocycles. The van der Waals surface area contributed by atoms with Crippen molar-refractivity contribution in [2.24, 2.45) is 0 Å². The van der Waals surface area contributed by atoms with E-state index in [9.17, 15) is 8.42 Å². The Morgan fingerprint density at radius 3 is 2.35 bits per heavy atom. The lowest BCUT2D eigenvalue weighted by molar-refractivity contribution is 0.579. The fourth-order valence-corrected chi connectivity index (χ4v) is 5.33. The van der Waals surface area contributed by atoms with Crippen molar-refractivity contribution in [2.45, 2.75) is 39.1 Å². The summed E-state index contributed by atoms with van der Waals surface area (Å²) in [5, 5.41) is 2.01. The molecular formula is C20H22N2O2S2. The number of aromatic nitrogens is 1. The van der Waals surface area contributed by atoms with Gasteiger partial charge in [-0.05, 0) is 73.0 Å². The number of hydrogen-bond acceptors (Lipinski definition) is 4. The summed E-state index contributed by atoms with van der Waals surface area (Å²) in [6, 6.07) is 8.01. The van der Waals surface area contributed by atoms with Crippen LogP contribution in [0.1, 0.15) is 27.8 Å². The molecule has 0 atom stereocenters. The third-order valence-electron chi connectivity index (χ3n) is 4.63. The van der Waals surface area contributed by atoms with Crippen LogP contribution in [0.3, 0.4) is 0 Å². The summed E-state index contributed by atoms with van der Waals surface area (Å²) in [5.41, 5.74) is 5.39. The maximum Gasteiger partial charge on any atom is 0.241 e. The first-order chi connectivity index (χ1) is 12.3. The Morgan fingerprint density at radius 1 is 1.04 bits per heavy atom. The quantitative estimate of drug-likeness (QED) is 0.701. The van der Waals surface area contributed by atoms with Gasteiger partial charge in [-0.15, -0.1) is 11.3 Å². The van der Waals surface area contributed by atoms with Crippen LogP contribution < -0.4 is 4.72 Å². The predicted octanol–water partition coefficient (Wildman–Crippen LogP) is 4.52. The number of hydrogen-bond donors (Lipinski definition) is 1. The average molecular weight is 387 g/mol. The lowest BCUT2D eigenvalue weighted by Gasteiger charge is -2.16. The zero-order chi connectivity index (χ0) is 18.9. The van der Waals surface area contributed by atoms with Crippen LogP contribution in [-0.2, 0) is 16.6 Å². The number of nitrogens with one attached hydrogen (secondary N) is 1. The van der Waals surface area contributed by atoms with Gasteiger partial charge in [-0.3, -0.25) is 4.98 Å². The first-order valence-corrected chi connectivity index (χ1v) is 10.7.